The number of halogens is 2. The van der Waals surface area contributed by atoms with E-state index in [1.807, 2.05) is 0 Å². The highest BCUT2D eigenvalue weighted by molar-refractivity contribution is 9.10. The summed E-state index contributed by atoms with van der Waals surface area (Å²) in [6, 6.07) is 4.71. The summed E-state index contributed by atoms with van der Waals surface area (Å²) in [4.78, 5) is 7.64. The Morgan fingerprint density at radius 1 is 1.20 bits per heavy atom. The minimum Gasteiger partial charge on any atom is -0.437 e. The Bertz CT molecular complexity index is 461. The maximum Gasteiger partial charge on any atom is 0.219 e. The van der Waals surface area contributed by atoms with E-state index in [4.69, 9.17) is 4.74 Å². The quantitative estimate of drug-likeness (QED) is 0.839. The van der Waals surface area contributed by atoms with Crippen molar-refractivity contribution < 1.29 is 9.13 Å². The highest BCUT2D eigenvalue weighted by Gasteiger charge is 2.00. The summed E-state index contributed by atoms with van der Waals surface area (Å²) in [5, 5.41) is 0. The Kier molecular flexibility index (Phi) is 2.91. The first-order valence-electron chi connectivity index (χ1n) is 4.14. The Hall–Kier alpha value is -1.49. The minimum absolute atomic E-state index is 0.324. The van der Waals surface area contributed by atoms with Crippen LogP contribution in [0.25, 0.3) is 0 Å². The maximum absolute atomic E-state index is 12.8. The van der Waals surface area contributed by atoms with Crippen molar-refractivity contribution >= 4 is 15.9 Å². The Morgan fingerprint density at radius 2 is 2.07 bits per heavy atom. The van der Waals surface area contributed by atoms with Gasteiger partial charge >= 0.3 is 0 Å². The summed E-state index contributed by atoms with van der Waals surface area (Å²) in [5.41, 5.74) is 0. The number of hydrogen-bond acceptors (Lipinski definition) is 3. The molecule has 0 saturated carbocycles. The second-order valence-corrected chi connectivity index (χ2v) is 3.67. The SMILES string of the molecule is Fc1cncc(Oc2ccc(Br)cn2)c1. The number of hydrogen-bond donors (Lipinski definition) is 0. The van der Waals surface area contributed by atoms with E-state index in [1.165, 1.54) is 12.3 Å². The normalized spacial score (nSPS) is 10.0. The van der Waals surface area contributed by atoms with Gasteiger partial charge in [-0.05, 0) is 22.0 Å². The van der Waals surface area contributed by atoms with E-state index in [-0.39, 0.29) is 0 Å². The molecule has 0 radical (unpaired) electrons. The van der Waals surface area contributed by atoms with Crippen LogP contribution in [0.2, 0.25) is 0 Å². The fourth-order valence-electron chi connectivity index (χ4n) is 0.992. The van der Waals surface area contributed by atoms with Crippen LogP contribution in [0.5, 0.6) is 11.6 Å². The van der Waals surface area contributed by atoms with Crippen molar-refractivity contribution in [1.82, 2.24) is 9.97 Å². The molecule has 0 aliphatic carbocycles. The lowest BCUT2D eigenvalue weighted by Gasteiger charge is -2.03. The van der Waals surface area contributed by atoms with Crippen molar-refractivity contribution in [2.24, 2.45) is 0 Å². The molecule has 0 atom stereocenters. The molecule has 0 fully saturated rings. The molecule has 76 valence electrons. The van der Waals surface area contributed by atoms with Gasteiger partial charge in [-0.3, -0.25) is 4.98 Å². The lowest BCUT2D eigenvalue weighted by molar-refractivity contribution is 0.455. The number of pyridine rings is 2. The monoisotopic (exact) mass is 268 g/mol. The first-order chi connectivity index (χ1) is 7.24. The third-order valence-electron chi connectivity index (χ3n) is 1.60. The average Bonchev–Trinajstić information content (AvgIpc) is 2.22. The van der Waals surface area contributed by atoms with Crippen LogP contribution in [0.4, 0.5) is 4.39 Å². The Morgan fingerprint density at radius 3 is 2.73 bits per heavy atom. The molecule has 0 unspecified atom stereocenters. The van der Waals surface area contributed by atoms with Crippen LogP contribution in [-0.4, -0.2) is 9.97 Å². The fraction of sp³-hybridized carbons (Fsp3) is 0. The summed E-state index contributed by atoms with van der Waals surface area (Å²) in [5.74, 6) is 0.278. The number of ether oxygens (including phenoxy) is 1. The van der Waals surface area contributed by atoms with Gasteiger partial charge in [0.05, 0.1) is 12.4 Å². The van der Waals surface area contributed by atoms with E-state index < -0.39 is 5.82 Å². The van der Waals surface area contributed by atoms with Crippen LogP contribution in [0.1, 0.15) is 0 Å². The van der Waals surface area contributed by atoms with Crippen LogP contribution in [-0.2, 0) is 0 Å². The number of aromatic nitrogens is 2. The molecule has 0 saturated heterocycles. The highest BCUT2D eigenvalue weighted by Crippen LogP contribution is 2.20. The maximum atomic E-state index is 12.8. The largest absolute Gasteiger partial charge is 0.437 e. The second kappa shape index (κ2) is 4.35. The molecule has 0 bridgehead atoms. The fourth-order valence-corrected chi connectivity index (χ4v) is 1.23. The van der Waals surface area contributed by atoms with Gasteiger partial charge in [0.2, 0.25) is 5.88 Å². The number of nitrogens with zero attached hydrogens (tertiary/aromatic N) is 2. The van der Waals surface area contributed by atoms with Gasteiger partial charge in [0.15, 0.2) is 5.75 Å². The smallest absolute Gasteiger partial charge is 0.219 e. The van der Waals surface area contributed by atoms with Crippen molar-refractivity contribution in [3.05, 3.63) is 47.1 Å². The van der Waals surface area contributed by atoms with E-state index in [0.717, 1.165) is 10.7 Å². The molecular weight excluding hydrogens is 263 g/mol. The van der Waals surface area contributed by atoms with E-state index in [0.29, 0.717) is 11.6 Å². The van der Waals surface area contributed by atoms with Crippen LogP contribution >= 0.6 is 15.9 Å². The van der Waals surface area contributed by atoms with Crippen LogP contribution < -0.4 is 4.74 Å². The molecule has 5 heteroatoms. The zero-order valence-electron chi connectivity index (χ0n) is 7.52. The number of rotatable bonds is 2. The van der Waals surface area contributed by atoms with E-state index >= 15 is 0 Å². The van der Waals surface area contributed by atoms with Gasteiger partial charge in [0, 0.05) is 22.8 Å². The molecule has 0 N–H and O–H groups in total. The summed E-state index contributed by atoms with van der Waals surface area (Å²) in [6.07, 6.45) is 4.14. The Balaban J connectivity index is 2.18. The molecule has 0 amide bonds. The molecule has 2 aromatic rings. The van der Waals surface area contributed by atoms with Gasteiger partial charge < -0.3 is 4.74 Å². The molecule has 15 heavy (non-hydrogen) atoms. The van der Waals surface area contributed by atoms with Crippen molar-refractivity contribution in [2.75, 3.05) is 0 Å². The van der Waals surface area contributed by atoms with Gasteiger partial charge in [0.25, 0.3) is 0 Å². The molecule has 0 aliphatic rings. The zero-order chi connectivity index (χ0) is 10.7. The minimum atomic E-state index is -0.440. The lowest BCUT2D eigenvalue weighted by atomic mass is 10.4. The van der Waals surface area contributed by atoms with Crippen molar-refractivity contribution in [3.8, 4) is 11.6 Å². The predicted molar refractivity (Wildman–Crippen MR) is 56.2 cm³/mol. The highest BCUT2D eigenvalue weighted by atomic mass is 79.9. The topological polar surface area (TPSA) is 35.0 Å². The first kappa shape index (κ1) is 10.0. The molecule has 0 spiro atoms. The van der Waals surface area contributed by atoms with Crippen LogP contribution in [0, 0.1) is 5.82 Å². The summed E-state index contributed by atoms with van der Waals surface area (Å²) in [7, 11) is 0. The van der Waals surface area contributed by atoms with Crippen molar-refractivity contribution in [3.63, 3.8) is 0 Å². The molecular formula is C10H6BrFN2O. The van der Waals surface area contributed by atoms with Gasteiger partial charge in [-0.25, -0.2) is 9.37 Å². The van der Waals surface area contributed by atoms with Crippen molar-refractivity contribution in [2.45, 2.75) is 0 Å². The molecule has 3 nitrogen and oxygen atoms in total. The molecule has 0 aromatic carbocycles. The first-order valence-corrected chi connectivity index (χ1v) is 4.93. The van der Waals surface area contributed by atoms with Gasteiger partial charge in [-0.15, -0.1) is 0 Å². The zero-order valence-corrected chi connectivity index (χ0v) is 9.11. The lowest BCUT2D eigenvalue weighted by Crippen LogP contribution is -1.88. The summed E-state index contributed by atoms with van der Waals surface area (Å²) < 4.78 is 18.9. The molecule has 2 rings (SSSR count). The van der Waals surface area contributed by atoms with E-state index in [1.54, 1.807) is 18.3 Å². The Labute approximate surface area is 94.1 Å². The van der Waals surface area contributed by atoms with E-state index in [9.17, 15) is 4.39 Å². The van der Waals surface area contributed by atoms with Crippen molar-refractivity contribution in [1.29, 1.82) is 0 Å². The summed E-state index contributed by atoms with van der Waals surface area (Å²) in [6.45, 7) is 0. The van der Waals surface area contributed by atoms with Crippen LogP contribution in [0.15, 0.2) is 41.3 Å². The summed E-state index contributed by atoms with van der Waals surface area (Å²) >= 11 is 3.25. The average molecular weight is 269 g/mol. The third-order valence-corrected chi connectivity index (χ3v) is 2.07. The molecule has 2 aromatic heterocycles. The predicted octanol–water partition coefficient (Wildman–Crippen LogP) is 3.17. The van der Waals surface area contributed by atoms with Gasteiger partial charge in [-0.1, -0.05) is 0 Å². The van der Waals surface area contributed by atoms with Gasteiger partial charge in [0.1, 0.15) is 5.82 Å². The van der Waals surface area contributed by atoms with Gasteiger partial charge in [-0.2, -0.15) is 0 Å². The second-order valence-electron chi connectivity index (χ2n) is 2.76. The third kappa shape index (κ3) is 2.73. The molecule has 2 heterocycles. The standard InChI is InChI=1S/C10H6BrFN2O/c11-7-1-2-10(14-4-7)15-9-3-8(12)5-13-6-9/h1-6H. The van der Waals surface area contributed by atoms with E-state index in [2.05, 4.69) is 25.9 Å². The van der Waals surface area contributed by atoms with Crippen LogP contribution in [0.3, 0.4) is 0 Å². The molecule has 0 aliphatic heterocycles.